The lowest BCUT2D eigenvalue weighted by Gasteiger charge is -2.22. The second-order valence-corrected chi connectivity index (χ2v) is 3.58. The highest BCUT2D eigenvalue weighted by Gasteiger charge is 2.39. The van der Waals surface area contributed by atoms with Crippen LogP contribution in [0.3, 0.4) is 0 Å². The summed E-state index contributed by atoms with van der Waals surface area (Å²) in [5, 5.41) is 26.2. The molecule has 0 aliphatic heterocycles. The van der Waals surface area contributed by atoms with Crippen molar-refractivity contribution in [2.24, 2.45) is 5.41 Å². The summed E-state index contributed by atoms with van der Waals surface area (Å²) in [6.07, 6.45) is 1.28. The van der Waals surface area contributed by atoms with Gasteiger partial charge in [0.2, 0.25) is 0 Å². The van der Waals surface area contributed by atoms with Crippen LogP contribution < -0.4 is 0 Å². The Balaban J connectivity index is 4.77. The van der Waals surface area contributed by atoms with Crippen molar-refractivity contribution >= 4 is 5.97 Å². The zero-order valence-corrected chi connectivity index (χ0v) is 9.90. The predicted molar refractivity (Wildman–Crippen MR) is 59.0 cm³/mol. The van der Waals surface area contributed by atoms with Crippen LogP contribution in [0.2, 0.25) is 0 Å². The molecule has 0 aliphatic rings. The number of carbonyl (C=O) groups is 1. The molecule has 0 N–H and O–H groups in total. The van der Waals surface area contributed by atoms with Crippen LogP contribution in [-0.2, 0) is 9.53 Å². The number of hydrogen-bond acceptors (Lipinski definition) is 5. The first-order valence-electron chi connectivity index (χ1n) is 5.49. The van der Waals surface area contributed by atoms with E-state index in [2.05, 4.69) is 0 Å². The Bertz CT molecular complexity index is 373. The van der Waals surface area contributed by atoms with Gasteiger partial charge in [0.05, 0.1) is 24.8 Å². The molecule has 0 saturated heterocycles. The zero-order chi connectivity index (χ0) is 13.1. The molecule has 1 atom stereocenters. The summed E-state index contributed by atoms with van der Waals surface area (Å²) in [5.41, 5.74) is -1.28. The van der Waals surface area contributed by atoms with Gasteiger partial charge in [-0.3, -0.25) is 4.79 Å². The number of ether oxygens (including phenoxy) is 1. The van der Waals surface area contributed by atoms with Gasteiger partial charge in [-0.2, -0.15) is 15.8 Å². The van der Waals surface area contributed by atoms with E-state index in [-0.39, 0.29) is 32.3 Å². The van der Waals surface area contributed by atoms with Crippen LogP contribution >= 0.6 is 0 Å². The van der Waals surface area contributed by atoms with Gasteiger partial charge in [0.25, 0.3) is 0 Å². The first-order chi connectivity index (χ1) is 8.16. The summed E-state index contributed by atoms with van der Waals surface area (Å²) in [5.74, 6) is -0.587. The van der Waals surface area contributed by atoms with Crippen LogP contribution in [-0.4, -0.2) is 12.6 Å². The number of unbranched alkanes of at least 4 members (excludes halogenated alkanes) is 1. The van der Waals surface area contributed by atoms with E-state index >= 15 is 0 Å². The minimum absolute atomic E-state index is 0.124. The molecule has 0 radical (unpaired) electrons. The Morgan fingerprint density at radius 2 is 1.82 bits per heavy atom. The molecule has 0 aliphatic carbocycles. The maximum atomic E-state index is 11.8. The van der Waals surface area contributed by atoms with Crippen LogP contribution in [0.15, 0.2) is 0 Å². The number of esters is 1. The molecule has 17 heavy (non-hydrogen) atoms. The lowest BCUT2D eigenvalue weighted by Crippen LogP contribution is -2.31. The van der Waals surface area contributed by atoms with Crippen molar-refractivity contribution in [1.82, 2.24) is 0 Å². The molecule has 5 heteroatoms. The Labute approximate surface area is 101 Å². The third kappa shape index (κ3) is 4.53. The monoisotopic (exact) mass is 233 g/mol. The molecule has 1 unspecified atom stereocenters. The standard InChI is InChI=1S/C12H15N3O2/c1-2-17-11(16)12(10-15,7-5-9-14)6-3-4-8-13/h2-7H2,1H3. The van der Waals surface area contributed by atoms with Crippen molar-refractivity contribution in [2.45, 2.75) is 39.0 Å². The van der Waals surface area contributed by atoms with E-state index in [0.29, 0.717) is 6.42 Å². The average molecular weight is 233 g/mol. The highest BCUT2D eigenvalue weighted by Crippen LogP contribution is 2.31. The third-order valence-electron chi connectivity index (χ3n) is 2.44. The van der Waals surface area contributed by atoms with Crippen molar-refractivity contribution in [1.29, 1.82) is 15.8 Å². The Morgan fingerprint density at radius 1 is 1.18 bits per heavy atom. The Kier molecular flexibility index (Phi) is 7.15. The normalized spacial score (nSPS) is 12.6. The summed E-state index contributed by atoms with van der Waals surface area (Å²) in [6, 6.07) is 5.84. The number of hydrogen-bond donors (Lipinski definition) is 0. The van der Waals surface area contributed by atoms with Gasteiger partial charge in [-0.15, -0.1) is 0 Å². The summed E-state index contributed by atoms with van der Waals surface area (Å²) < 4.78 is 4.87. The number of nitriles is 3. The van der Waals surface area contributed by atoms with Gasteiger partial charge in [0.15, 0.2) is 5.41 Å². The SMILES string of the molecule is CCOC(=O)C(C#N)(CCC#N)CCCC#N. The van der Waals surface area contributed by atoms with E-state index < -0.39 is 11.4 Å². The molecular formula is C12H15N3O2. The Morgan fingerprint density at radius 3 is 2.29 bits per heavy atom. The minimum atomic E-state index is -1.28. The zero-order valence-electron chi connectivity index (χ0n) is 9.90. The fourth-order valence-electron chi connectivity index (χ4n) is 1.49. The largest absolute Gasteiger partial charge is 0.465 e. The van der Waals surface area contributed by atoms with Gasteiger partial charge in [-0.25, -0.2) is 0 Å². The summed E-state index contributed by atoms with van der Waals surface area (Å²) in [4.78, 5) is 11.8. The molecule has 0 aromatic heterocycles. The number of nitrogens with zero attached hydrogens (tertiary/aromatic N) is 3. The summed E-state index contributed by atoms with van der Waals surface area (Å²) in [6.45, 7) is 1.87. The number of carbonyl (C=O) groups excluding carboxylic acids is 1. The first kappa shape index (κ1) is 14.9. The second kappa shape index (κ2) is 8.13. The maximum Gasteiger partial charge on any atom is 0.326 e. The van der Waals surface area contributed by atoms with Crippen LogP contribution in [0.5, 0.6) is 0 Å². The second-order valence-electron chi connectivity index (χ2n) is 3.58. The molecule has 0 saturated carbocycles. The van der Waals surface area contributed by atoms with Crippen molar-refractivity contribution in [2.75, 3.05) is 6.61 Å². The topological polar surface area (TPSA) is 97.7 Å². The van der Waals surface area contributed by atoms with Crippen molar-refractivity contribution in [3.63, 3.8) is 0 Å². The smallest absolute Gasteiger partial charge is 0.326 e. The first-order valence-corrected chi connectivity index (χ1v) is 5.49. The van der Waals surface area contributed by atoms with E-state index in [9.17, 15) is 4.79 Å². The fourth-order valence-corrected chi connectivity index (χ4v) is 1.49. The molecule has 0 heterocycles. The molecule has 0 rings (SSSR count). The van der Waals surface area contributed by atoms with Crippen LogP contribution in [0.4, 0.5) is 0 Å². The summed E-state index contributed by atoms with van der Waals surface area (Å²) >= 11 is 0. The van der Waals surface area contributed by atoms with E-state index in [1.54, 1.807) is 6.92 Å². The number of rotatable bonds is 7. The van der Waals surface area contributed by atoms with Gasteiger partial charge in [0, 0.05) is 12.8 Å². The van der Waals surface area contributed by atoms with Crippen LogP contribution in [0.1, 0.15) is 39.0 Å². The van der Waals surface area contributed by atoms with Gasteiger partial charge in [-0.05, 0) is 26.2 Å². The highest BCUT2D eigenvalue weighted by molar-refractivity contribution is 5.80. The van der Waals surface area contributed by atoms with E-state index in [1.807, 2.05) is 18.2 Å². The molecule has 0 fully saturated rings. The quantitative estimate of drug-likeness (QED) is 0.495. The predicted octanol–water partition coefficient (Wildman–Crippen LogP) is 2.06. The van der Waals surface area contributed by atoms with Gasteiger partial charge in [-0.1, -0.05) is 0 Å². The molecule has 5 nitrogen and oxygen atoms in total. The molecule has 0 amide bonds. The highest BCUT2D eigenvalue weighted by atomic mass is 16.5. The van der Waals surface area contributed by atoms with Crippen LogP contribution in [0.25, 0.3) is 0 Å². The Hall–Kier alpha value is -2.06. The van der Waals surface area contributed by atoms with Gasteiger partial charge < -0.3 is 4.74 Å². The van der Waals surface area contributed by atoms with Gasteiger partial charge >= 0.3 is 5.97 Å². The van der Waals surface area contributed by atoms with Crippen molar-refractivity contribution in [3.8, 4) is 18.2 Å². The van der Waals surface area contributed by atoms with Crippen molar-refractivity contribution < 1.29 is 9.53 Å². The fraction of sp³-hybridized carbons (Fsp3) is 0.667. The molecule has 0 spiro atoms. The molecule has 90 valence electrons. The van der Waals surface area contributed by atoms with E-state index in [0.717, 1.165) is 0 Å². The van der Waals surface area contributed by atoms with E-state index in [1.165, 1.54) is 0 Å². The molecule has 0 aromatic carbocycles. The van der Waals surface area contributed by atoms with Crippen LogP contribution in [0, 0.1) is 39.4 Å². The molecule has 0 bridgehead atoms. The molecular weight excluding hydrogens is 218 g/mol. The van der Waals surface area contributed by atoms with E-state index in [4.69, 9.17) is 20.5 Å². The minimum Gasteiger partial charge on any atom is -0.465 e. The lowest BCUT2D eigenvalue weighted by molar-refractivity contribution is -0.152. The average Bonchev–Trinajstić information content (AvgIpc) is 2.34. The lowest BCUT2D eigenvalue weighted by atomic mass is 9.80. The van der Waals surface area contributed by atoms with Gasteiger partial charge in [0.1, 0.15) is 0 Å². The molecule has 0 aromatic rings. The van der Waals surface area contributed by atoms with Crippen molar-refractivity contribution in [3.05, 3.63) is 0 Å². The maximum absolute atomic E-state index is 11.8. The third-order valence-corrected chi connectivity index (χ3v) is 2.44. The summed E-state index contributed by atoms with van der Waals surface area (Å²) in [7, 11) is 0.